The van der Waals surface area contributed by atoms with E-state index in [9.17, 15) is 4.79 Å². The summed E-state index contributed by atoms with van der Waals surface area (Å²) in [6, 6.07) is 3.57. The zero-order chi connectivity index (χ0) is 8.97. The van der Waals surface area contributed by atoms with Gasteiger partial charge in [-0.15, -0.1) is 0 Å². The summed E-state index contributed by atoms with van der Waals surface area (Å²) in [6.07, 6.45) is 1.11. The van der Waals surface area contributed by atoms with Crippen LogP contribution >= 0.6 is 11.8 Å². The minimum atomic E-state index is -0.0154. The largest absolute Gasteiger partial charge is 0.447 e. The van der Waals surface area contributed by atoms with Crippen LogP contribution in [0.15, 0.2) is 21.6 Å². The van der Waals surface area contributed by atoms with E-state index in [0.717, 1.165) is 17.3 Å². The van der Waals surface area contributed by atoms with Crippen molar-refractivity contribution in [3.05, 3.63) is 17.9 Å². The molecule has 0 fully saturated rings. The van der Waals surface area contributed by atoms with E-state index in [4.69, 9.17) is 4.42 Å². The Bertz CT molecular complexity index is 265. The molecule has 0 spiro atoms. The molecular formula is C9H12O2S. The zero-order valence-electron chi connectivity index (χ0n) is 7.29. The lowest BCUT2D eigenvalue weighted by atomic mass is 10.3. The smallest absolute Gasteiger partial charge is 0.194 e. The Kier molecular flexibility index (Phi) is 3.41. The fourth-order valence-corrected chi connectivity index (χ4v) is 1.51. The Labute approximate surface area is 76.3 Å². The highest BCUT2D eigenvalue weighted by Gasteiger charge is 2.05. The van der Waals surface area contributed by atoms with E-state index in [-0.39, 0.29) is 5.78 Å². The molecule has 0 unspecified atom stereocenters. The van der Waals surface area contributed by atoms with Crippen molar-refractivity contribution in [1.29, 1.82) is 0 Å². The quantitative estimate of drug-likeness (QED) is 0.532. The number of ketones is 1. The van der Waals surface area contributed by atoms with Gasteiger partial charge in [-0.05, 0) is 18.6 Å². The Balaban J connectivity index is 2.58. The lowest BCUT2D eigenvalue weighted by Crippen LogP contribution is -1.85. The molecule has 1 aromatic heterocycles. The number of thioether (sulfide) groups is 1. The van der Waals surface area contributed by atoms with Crippen LogP contribution < -0.4 is 0 Å². The Morgan fingerprint density at radius 3 is 2.83 bits per heavy atom. The Morgan fingerprint density at radius 1 is 1.58 bits per heavy atom. The molecule has 0 bridgehead atoms. The van der Waals surface area contributed by atoms with Gasteiger partial charge in [0.15, 0.2) is 16.6 Å². The van der Waals surface area contributed by atoms with Gasteiger partial charge in [0.25, 0.3) is 0 Å². The van der Waals surface area contributed by atoms with E-state index in [1.165, 1.54) is 6.92 Å². The molecule has 1 heterocycles. The normalized spacial score (nSPS) is 10.2. The molecule has 12 heavy (non-hydrogen) atoms. The third-order valence-corrected chi connectivity index (χ3v) is 2.49. The molecule has 0 amide bonds. The number of hydrogen-bond acceptors (Lipinski definition) is 3. The summed E-state index contributed by atoms with van der Waals surface area (Å²) in [7, 11) is 0. The van der Waals surface area contributed by atoms with Gasteiger partial charge in [-0.1, -0.05) is 18.7 Å². The molecule has 0 aromatic carbocycles. The van der Waals surface area contributed by atoms with Crippen molar-refractivity contribution in [3.8, 4) is 0 Å². The lowest BCUT2D eigenvalue weighted by molar-refractivity contribution is 0.0982. The number of rotatable bonds is 4. The Hall–Kier alpha value is -0.700. The molecule has 0 saturated carbocycles. The summed E-state index contributed by atoms with van der Waals surface area (Å²) < 4.78 is 5.26. The highest BCUT2D eigenvalue weighted by molar-refractivity contribution is 7.99. The van der Waals surface area contributed by atoms with Gasteiger partial charge in [-0.25, -0.2) is 0 Å². The highest BCUT2D eigenvalue weighted by atomic mass is 32.2. The van der Waals surface area contributed by atoms with Crippen LogP contribution in [0.4, 0.5) is 0 Å². The van der Waals surface area contributed by atoms with Crippen LogP contribution in [0.3, 0.4) is 0 Å². The van der Waals surface area contributed by atoms with Crippen LogP contribution in [0.25, 0.3) is 0 Å². The standard InChI is InChI=1S/C9H12O2S/c1-3-6-12-9-5-4-8(11-9)7(2)10/h4-5H,3,6H2,1-2H3. The molecule has 0 aliphatic carbocycles. The van der Waals surface area contributed by atoms with Crippen molar-refractivity contribution >= 4 is 17.5 Å². The summed E-state index contributed by atoms with van der Waals surface area (Å²) in [5.74, 6) is 1.47. The van der Waals surface area contributed by atoms with E-state index in [2.05, 4.69) is 6.92 Å². The summed E-state index contributed by atoms with van der Waals surface area (Å²) in [4.78, 5) is 10.8. The first-order valence-corrected chi connectivity index (χ1v) is 4.96. The number of carbonyl (C=O) groups excluding carboxylic acids is 1. The second-order valence-corrected chi connectivity index (χ2v) is 3.62. The number of furan rings is 1. The van der Waals surface area contributed by atoms with Crippen LogP contribution in [0.1, 0.15) is 30.8 Å². The van der Waals surface area contributed by atoms with Crippen molar-refractivity contribution in [2.24, 2.45) is 0 Å². The van der Waals surface area contributed by atoms with Crippen molar-refractivity contribution in [2.45, 2.75) is 25.4 Å². The zero-order valence-corrected chi connectivity index (χ0v) is 8.11. The predicted octanol–water partition coefficient (Wildman–Crippen LogP) is 2.98. The van der Waals surface area contributed by atoms with Gasteiger partial charge in [0.1, 0.15) is 0 Å². The van der Waals surface area contributed by atoms with Crippen molar-refractivity contribution in [2.75, 3.05) is 5.75 Å². The molecule has 2 nitrogen and oxygen atoms in total. The summed E-state index contributed by atoms with van der Waals surface area (Å²) in [5, 5.41) is 0.835. The van der Waals surface area contributed by atoms with E-state index in [1.54, 1.807) is 17.8 Å². The van der Waals surface area contributed by atoms with Gasteiger partial charge in [0, 0.05) is 12.7 Å². The second kappa shape index (κ2) is 4.36. The van der Waals surface area contributed by atoms with Gasteiger partial charge >= 0.3 is 0 Å². The molecular weight excluding hydrogens is 172 g/mol. The van der Waals surface area contributed by atoms with Crippen LogP contribution in [-0.2, 0) is 0 Å². The van der Waals surface area contributed by atoms with Crippen molar-refractivity contribution < 1.29 is 9.21 Å². The average molecular weight is 184 g/mol. The van der Waals surface area contributed by atoms with Gasteiger partial charge < -0.3 is 4.42 Å². The maximum Gasteiger partial charge on any atom is 0.194 e. The molecule has 0 aliphatic heterocycles. The van der Waals surface area contributed by atoms with Gasteiger partial charge in [-0.2, -0.15) is 0 Å². The fraction of sp³-hybridized carbons (Fsp3) is 0.444. The molecule has 0 radical (unpaired) electrons. The second-order valence-electron chi connectivity index (χ2n) is 2.52. The van der Waals surface area contributed by atoms with E-state index in [0.29, 0.717) is 5.76 Å². The van der Waals surface area contributed by atoms with E-state index in [1.807, 2.05) is 6.07 Å². The average Bonchev–Trinajstić information content (AvgIpc) is 2.48. The molecule has 66 valence electrons. The third kappa shape index (κ3) is 2.41. The lowest BCUT2D eigenvalue weighted by Gasteiger charge is -1.92. The van der Waals surface area contributed by atoms with Crippen molar-refractivity contribution in [1.82, 2.24) is 0 Å². The van der Waals surface area contributed by atoms with Gasteiger partial charge in [-0.3, -0.25) is 4.79 Å². The minimum Gasteiger partial charge on any atom is -0.447 e. The Morgan fingerprint density at radius 2 is 2.33 bits per heavy atom. The van der Waals surface area contributed by atoms with Gasteiger partial charge in [0.05, 0.1) is 0 Å². The summed E-state index contributed by atoms with van der Waals surface area (Å²) >= 11 is 1.64. The monoisotopic (exact) mass is 184 g/mol. The third-order valence-electron chi connectivity index (χ3n) is 1.38. The van der Waals surface area contributed by atoms with Crippen molar-refractivity contribution in [3.63, 3.8) is 0 Å². The number of hydrogen-bond donors (Lipinski definition) is 0. The molecule has 3 heteroatoms. The SMILES string of the molecule is CCCSc1ccc(C(C)=O)o1. The topological polar surface area (TPSA) is 30.2 Å². The first-order chi connectivity index (χ1) is 5.74. The maximum atomic E-state index is 10.8. The summed E-state index contributed by atoms with van der Waals surface area (Å²) in [6.45, 7) is 3.62. The molecule has 1 rings (SSSR count). The van der Waals surface area contributed by atoms with Crippen LogP contribution in [-0.4, -0.2) is 11.5 Å². The molecule has 0 atom stereocenters. The predicted molar refractivity (Wildman–Crippen MR) is 49.7 cm³/mol. The van der Waals surface area contributed by atoms with Crippen LogP contribution in [0, 0.1) is 0 Å². The molecule has 0 N–H and O–H groups in total. The fourth-order valence-electron chi connectivity index (χ4n) is 0.790. The van der Waals surface area contributed by atoms with Crippen LogP contribution in [0.2, 0.25) is 0 Å². The summed E-state index contributed by atoms with van der Waals surface area (Å²) in [5.41, 5.74) is 0. The molecule has 0 saturated heterocycles. The minimum absolute atomic E-state index is 0.0154. The molecule has 1 aromatic rings. The number of Topliss-reactive ketones (excluding diaryl/α,β-unsaturated/α-hetero) is 1. The maximum absolute atomic E-state index is 10.8. The first kappa shape index (κ1) is 9.39. The number of carbonyl (C=O) groups is 1. The highest BCUT2D eigenvalue weighted by Crippen LogP contribution is 2.21. The molecule has 0 aliphatic rings. The van der Waals surface area contributed by atoms with E-state index < -0.39 is 0 Å². The van der Waals surface area contributed by atoms with Crippen LogP contribution in [0.5, 0.6) is 0 Å². The van der Waals surface area contributed by atoms with E-state index >= 15 is 0 Å². The van der Waals surface area contributed by atoms with Gasteiger partial charge in [0.2, 0.25) is 0 Å². The first-order valence-electron chi connectivity index (χ1n) is 3.97.